The number of anilines is 1. The van der Waals surface area contributed by atoms with Crippen molar-refractivity contribution < 1.29 is 8.42 Å². The van der Waals surface area contributed by atoms with E-state index in [9.17, 15) is 8.42 Å². The third kappa shape index (κ3) is 2.81. The minimum Gasteiger partial charge on any atom is -0.385 e. The number of sulfonamides is 1. The van der Waals surface area contributed by atoms with Crippen LogP contribution in [0.1, 0.15) is 44.7 Å². The third-order valence-corrected chi connectivity index (χ3v) is 6.89. The molecular formula is C16H26N2O2S. The summed E-state index contributed by atoms with van der Waals surface area (Å²) in [5, 5.41) is 3.35. The molecule has 0 saturated carbocycles. The smallest absolute Gasteiger partial charge is 0.243 e. The summed E-state index contributed by atoms with van der Waals surface area (Å²) in [6, 6.07) is 3.66. The van der Waals surface area contributed by atoms with Crippen molar-refractivity contribution in [2.45, 2.75) is 57.4 Å². The fourth-order valence-corrected chi connectivity index (χ4v) is 4.49. The molecule has 1 aromatic carbocycles. The van der Waals surface area contributed by atoms with Gasteiger partial charge in [-0.25, -0.2) is 8.42 Å². The zero-order chi connectivity index (χ0) is 15.8. The normalized spacial score (nSPS) is 15.7. The van der Waals surface area contributed by atoms with Crippen LogP contribution in [-0.4, -0.2) is 31.9 Å². The molecule has 0 spiro atoms. The number of aryl methyl sites for hydroxylation is 1. The van der Waals surface area contributed by atoms with Gasteiger partial charge in [0, 0.05) is 24.8 Å². The number of rotatable bonds is 4. The summed E-state index contributed by atoms with van der Waals surface area (Å²) < 4.78 is 27.6. The number of hydrogen-bond acceptors (Lipinski definition) is 3. The molecule has 0 radical (unpaired) electrons. The average Bonchev–Trinajstić information content (AvgIpc) is 2.46. The summed E-state index contributed by atoms with van der Waals surface area (Å²) in [7, 11) is -1.79. The maximum atomic E-state index is 13.0. The van der Waals surface area contributed by atoms with Gasteiger partial charge in [-0.2, -0.15) is 4.31 Å². The molecule has 21 heavy (non-hydrogen) atoms. The van der Waals surface area contributed by atoms with Crippen molar-refractivity contribution in [2.75, 3.05) is 18.9 Å². The van der Waals surface area contributed by atoms with Crippen LogP contribution in [0.25, 0.3) is 0 Å². The first-order valence-electron chi connectivity index (χ1n) is 7.57. The molecule has 0 unspecified atom stereocenters. The maximum absolute atomic E-state index is 13.0. The molecule has 0 atom stereocenters. The highest BCUT2D eigenvalue weighted by atomic mass is 32.2. The first-order chi connectivity index (χ1) is 9.71. The van der Waals surface area contributed by atoms with E-state index in [4.69, 9.17) is 0 Å². The van der Waals surface area contributed by atoms with E-state index in [0.717, 1.165) is 42.6 Å². The minimum absolute atomic E-state index is 0.390. The van der Waals surface area contributed by atoms with Crippen LogP contribution in [0.3, 0.4) is 0 Å². The van der Waals surface area contributed by atoms with Crippen LogP contribution < -0.4 is 5.32 Å². The highest BCUT2D eigenvalue weighted by Gasteiger charge is 2.35. The van der Waals surface area contributed by atoms with E-state index in [-0.39, 0.29) is 0 Å². The van der Waals surface area contributed by atoms with Crippen molar-refractivity contribution in [3.05, 3.63) is 23.3 Å². The lowest BCUT2D eigenvalue weighted by Gasteiger charge is -2.35. The molecule has 4 nitrogen and oxygen atoms in total. The second-order valence-electron chi connectivity index (χ2n) is 6.40. The Morgan fingerprint density at radius 3 is 2.62 bits per heavy atom. The van der Waals surface area contributed by atoms with Crippen LogP contribution in [-0.2, 0) is 16.4 Å². The molecule has 2 rings (SSSR count). The Hall–Kier alpha value is -1.07. The highest BCUT2D eigenvalue weighted by Crippen LogP contribution is 2.34. The van der Waals surface area contributed by atoms with E-state index in [2.05, 4.69) is 5.32 Å². The van der Waals surface area contributed by atoms with Crippen molar-refractivity contribution in [3.8, 4) is 0 Å². The lowest BCUT2D eigenvalue weighted by atomic mass is 10.00. The molecule has 1 aromatic rings. The van der Waals surface area contributed by atoms with Crippen LogP contribution in [0.4, 0.5) is 5.69 Å². The monoisotopic (exact) mass is 310 g/mol. The zero-order valence-electron chi connectivity index (χ0n) is 13.7. The molecule has 0 fully saturated rings. The third-order valence-electron chi connectivity index (χ3n) is 4.74. The quantitative estimate of drug-likeness (QED) is 0.929. The molecule has 0 amide bonds. The van der Waals surface area contributed by atoms with Gasteiger partial charge in [-0.15, -0.1) is 0 Å². The lowest BCUT2D eigenvalue weighted by Crippen LogP contribution is -2.44. The van der Waals surface area contributed by atoms with Gasteiger partial charge in [0.25, 0.3) is 0 Å². The second kappa shape index (κ2) is 5.61. The van der Waals surface area contributed by atoms with Gasteiger partial charge in [0.2, 0.25) is 10.0 Å². The SMILES string of the molecule is CCC(C)(C)N(C)S(=O)(=O)c1ccc(C)c2c1CCCN2. The van der Waals surface area contributed by atoms with Gasteiger partial charge in [0.1, 0.15) is 0 Å². The first kappa shape index (κ1) is 16.3. The zero-order valence-corrected chi connectivity index (χ0v) is 14.5. The molecule has 1 aliphatic rings. The fraction of sp³-hybridized carbons (Fsp3) is 0.625. The van der Waals surface area contributed by atoms with Gasteiger partial charge in [0.05, 0.1) is 4.90 Å². The van der Waals surface area contributed by atoms with E-state index in [0.29, 0.717) is 4.90 Å². The molecule has 118 valence electrons. The first-order valence-corrected chi connectivity index (χ1v) is 9.01. The molecular weight excluding hydrogens is 284 g/mol. The van der Waals surface area contributed by atoms with Crippen molar-refractivity contribution >= 4 is 15.7 Å². The Labute approximate surface area is 128 Å². The molecule has 0 saturated heterocycles. The lowest BCUT2D eigenvalue weighted by molar-refractivity contribution is 0.257. The average molecular weight is 310 g/mol. The van der Waals surface area contributed by atoms with Crippen molar-refractivity contribution in [1.29, 1.82) is 0 Å². The van der Waals surface area contributed by atoms with Crippen molar-refractivity contribution in [1.82, 2.24) is 4.31 Å². The Morgan fingerprint density at radius 2 is 2.00 bits per heavy atom. The summed E-state index contributed by atoms with van der Waals surface area (Å²) in [6.07, 6.45) is 2.56. The predicted molar refractivity (Wildman–Crippen MR) is 87.3 cm³/mol. The van der Waals surface area contributed by atoms with Crippen molar-refractivity contribution in [3.63, 3.8) is 0 Å². The number of nitrogens with one attached hydrogen (secondary N) is 1. The van der Waals surface area contributed by atoms with Gasteiger partial charge >= 0.3 is 0 Å². The highest BCUT2D eigenvalue weighted by molar-refractivity contribution is 7.89. The van der Waals surface area contributed by atoms with Gasteiger partial charge < -0.3 is 5.32 Å². The molecule has 1 heterocycles. The maximum Gasteiger partial charge on any atom is 0.243 e. The standard InChI is InChI=1S/C16H26N2O2S/c1-6-16(3,4)18(5)21(19,20)14-10-9-12(2)15-13(14)8-7-11-17-15/h9-10,17H,6-8,11H2,1-5H3. The molecule has 0 aliphatic carbocycles. The minimum atomic E-state index is -3.47. The molecule has 5 heteroatoms. The van der Waals surface area contributed by atoms with E-state index in [1.807, 2.05) is 33.8 Å². The van der Waals surface area contributed by atoms with Crippen LogP contribution in [0.15, 0.2) is 17.0 Å². The largest absolute Gasteiger partial charge is 0.385 e. The molecule has 1 aliphatic heterocycles. The summed E-state index contributed by atoms with van der Waals surface area (Å²) in [5.41, 5.74) is 2.67. The van der Waals surface area contributed by atoms with Crippen LogP contribution in [0.5, 0.6) is 0 Å². The van der Waals surface area contributed by atoms with E-state index in [1.54, 1.807) is 13.1 Å². The number of nitrogens with zero attached hydrogens (tertiary/aromatic N) is 1. The van der Waals surface area contributed by atoms with Crippen LogP contribution in [0.2, 0.25) is 0 Å². The van der Waals surface area contributed by atoms with Gasteiger partial charge in [-0.1, -0.05) is 13.0 Å². The fourth-order valence-electron chi connectivity index (χ4n) is 2.66. The van der Waals surface area contributed by atoms with Gasteiger partial charge in [0.15, 0.2) is 0 Å². The van der Waals surface area contributed by atoms with E-state index < -0.39 is 15.6 Å². The van der Waals surface area contributed by atoms with Gasteiger partial charge in [-0.3, -0.25) is 0 Å². The molecule has 0 bridgehead atoms. The Bertz CT molecular complexity index is 636. The summed E-state index contributed by atoms with van der Waals surface area (Å²) >= 11 is 0. The summed E-state index contributed by atoms with van der Waals surface area (Å²) in [6.45, 7) is 8.87. The Kier molecular flexibility index (Phi) is 4.36. The topological polar surface area (TPSA) is 49.4 Å². The Balaban J connectivity index is 2.56. The number of hydrogen-bond donors (Lipinski definition) is 1. The summed E-state index contributed by atoms with van der Waals surface area (Å²) in [5.74, 6) is 0. The van der Waals surface area contributed by atoms with Crippen molar-refractivity contribution in [2.24, 2.45) is 0 Å². The van der Waals surface area contributed by atoms with Crippen LogP contribution >= 0.6 is 0 Å². The second-order valence-corrected chi connectivity index (χ2v) is 8.34. The molecule has 1 N–H and O–H groups in total. The van der Waals surface area contributed by atoms with Gasteiger partial charge in [-0.05, 0) is 57.2 Å². The van der Waals surface area contributed by atoms with E-state index >= 15 is 0 Å². The Morgan fingerprint density at radius 1 is 1.33 bits per heavy atom. The number of benzene rings is 1. The van der Waals surface area contributed by atoms with Crippen LogP contribution in [0, 0.1) is 6.92 Å². The predicted octanol–water partition coefficient (Wildman–Crippen LogP) is 3.16. The molecule has 0 aromatic heterocycles. The number of fused-ring (bicyclic) bond motifs is 1. The summed E-state index contributed by atoms with van der Waals surface area (Å²) in [4.78, 5) is 0.458. The van der Waals surface area contributed by atoms with E-state index in [1.165, 1.54) is 4.31 Å².